The van der Waals surface area contributed by atoms with Crippen LogP contribution in [0, 0.1) is 0 Å². The highest BCUT2D eigenvalue weighted by Gasteiger charge is 2.11. The van der Waals surface area contributed by atoms with Gasteiger partial charge in [-0.1, -0.05) is 134 Å². The molecular formula is C32H48. The minimum atomic E-state index is 0.725. The van der Waals surface area contributed by atoms with Gasteiger partial charge in [-0.3, -0.25) is 0 Å². The van der Waals surface area contributed by atoms with E-state index in [4.69, 9.17) is 0 Å². The lowest BCUT2D eigenvalue weighted by Gasteiger charge is -2.17. The Morgan fingerprint density at radius 1 is 0.625 bits per heavy atom. The first-order chi connectivity index (χ1) is 15.7. The number of benzene rings is 2. The van der Waals surface area contributed by atoms with Gasteiger partial charge in [0.2, 0.25) is 0 Å². The van der Waals surface area contributed by atoms with Gasteiger partial charge in [0.05, 0.1) is 0 Å². The predicted octanol–water partition coefficient (Wildman–Crippen LogP) is 11.0. The van der Waals surface area contributed by atoms with Gasteiger partial charge in [0.15, 0.2) is 0 Å². The minimum Gasteiger partial charge on any atom is -0.0807 e. The van der Waals surface area contributed by atoms with Gasteiger partial charge in [-0.05, 0) is 65.8 Å². The molecule has 0 amide bonds. The lowest BCUT2D eigenvalue weighted by Crippen LogP contribution is -1.99. The second kappa shape index (κ2) is 15.9. The van der Waals surface area contributed by atoms with Gasteiger partial charge in [0.25, 0.3) is 0 Å². The molecule has 0 bridgehead atoms. The Bertz CT molecular complexity index is 748. The van der Waals surface area contributed by atoms with Crippen LogP contribution in [0.3, 0.4) is 0 Å². The fourth-order valence-corrected chi connectivity index (χ4v) is 4.77. The summed E-state index contributed by atoms with van der Waals surface area (Å²) in [6, 6.07) is 18.7. The van der Waals surface area contributed by atoms with E-state index in [1.807, 2.05) is 0 Å². The maximum atomic E-state index is 2.48. The van der Waals surface area contributed by atoms with Crippen molar-refractivity contribution in [1.29, 1.82) is 0 Å². The van der Waals surface area contributed by atoms with Gasteiger partial charge >= 0.3 is 0 Å². The Morgan fingerprint density at radius 3 is 1.84 bits per heavy atom. The van der Waals surface area contributed by atoms with Crippen molar-refractivity contribution in [3.05, 3.63) is 65.7 Å². The van der Waals surface area contributed by atoms with Crippen molar-refractivity contribution in [2.75, 3.05) is 0 Å². The molecule has 0 heterocycles. The number of rotatable bonds is 16. The molecule has 0 aliphatic rings. The molecule has 0 aliphatic heterocycles. The molecule has 0 N–H and O–H groups in total. The summed E-state index contributed by atoms with van der Waals surface area (Å²) in [5, 5.41) is 0. The van der Waals surface area contributed by atoms with E-state index in [1.54, 1.807) is 0 Å². The highest BCUT2D eigenvalue weighted by molar-refractivity contribution is 5.70. The summed E-state index contributed by atoms with van der Waals surface area (Å²) in [6.45, 7) is 9.17. The molecule has 0 aromatic heterocycles. The third-order valence-corrected chi connectivity index (χ3v) is 6.73. The van der Waals surface area contributed by atoms with Gasteiger partial charge in [-0.15, -0.1) is 0 Å². The van der Waals surface area contributed by atoms with Crippen molar-refractivity contribution in [2.45, 2.75) is 117 Å². The molecule has 2 rings (SSSR count). The average Bonchev–Trinajstić information content (AvgIpc) is 2.83. The monoisotopic (exact) mass is 432 g/mol. The maximum absolute atomic E-state index is 2.48. The number of unbranched alkanes of at least 4 members (excludes halogenated alkanes) is 6. The van der Waals surface area contributed by atoms with Crippen molar-refractivity contribution < 1.29 is 0 Å². The highest BCUT2D eigenvalue weighted by Crippen LogP contribution is 2.30. The number of hydrogen-bond donors (Lipinski definition) is 0. The quantitative estimate of drug-likeness (QED) is 0.231. The summed E-state index contributed by atoms with van der Waals surface area (Å²) in [4.78, 5) is 0. The summed E-state index contributed by atoms with van der Waals surface area (Å²) in [5.74, 6) is 0.725. The fourth-order valence-electron chi connectivity index (χ4n) is 4.77. The molecule has 1 unspecified atom stereocenters. The maximum Gasteiger partial charge on any atom is -0.0162 e. The molecule has 0 spiro atoms. The van der Waals surface area contributed by atoms with Crippen LogP contribution in [0.1, 0.15) is 128 Å². The Labute approximate surface area is 199 Å². The van der Waals surface area contributed by atoms with Gasteiger partial charge in [-0.25, -0.2) is 0 Å². The SMILES string of the molecule is CCCCCC=C(CCC)c1ccc(-c2ccc(C(CCC)CCCCCC)cc2)cc1. The largest absolute Gasteiger partial charge is 0.0807 e. The molecule has 0 aliphatic carbocycles. The molecule has 0 radical (unpaired) electrons. The Kier molecular flexibility index (Phi) is 13.1. The summed E-state index contributed by atoms with van der Waals surface area (Å²) in [7, 11) is 0. The van der Waals surface area contributed by atoms with Crippen LogP contribution < -0.4 is 0 Å². The smallest absolute Gasteiger partial charge is 0.0162 e. The zero-order chi connectivity index (χ0) is 23.0. The van der Waals surface area contributed by atoms with Crippen molar-refractivity contribution in [1.82, 2.24) is 0 Å². The van der Waals surface area contributed by atoms with E-state index in [-0.39, 0.29) is 0 Å². The first kappa shape index (κ1) is 26.4. The highest BCUT2D eigenvalue weighted by atomic mass is 14.2. The standard InChI is InChI=1S/C32H48/c1-5-9-11-13-17-27(15-7-3)29-19-23-31(24-20-29)32-25-21-30(22-26-32)28(16-8-4)18-14-12-10-6-2/h17,19-26,28H,5-16,18H2,1-4H3. The van der Waals surface area contributed by atoms with Gasteiger partial charge in [-0.2, -0.15) is 0 Å². The lowest BCUT2D eigenvalue weighted by atomic mass is 9.88. The van der Waals surface area contributed by atoms with Crippen LogP contribution >= 0.6 is 0 Å². The number of allylic oxidation sites excluding steroid dienone is 2. The Hall–Kier alpha value is -1.82. The van der Waals surface area contributed by atoms with Crippen LogP contribution in [0.4, 0.5) is 0 Å². The summed E-state index contributed by atoms with van der Waals surface area (Å²) < 4.78 is 0. The van der Waals surface area contributed by atoms with Gasteiger partial charge in [0, 0.05) is 0 Å². The minimum absolute atomic E-state index is 0.725. The number of hydrogen-bond acceptors (Lipinski definition) is 0. The van der Waals surface area contributed by atoms with E-state index in [0.717, 1.165) is 5.92 Å². The van der Waals surface area contributed by atoms with Crippen molar-refractivity contribution >= 4 is 5.57 Å². The predicted molar refractivity (Wildman–Crippen MR) is 145 cm³/mol. The van der Waals surface area contributed by atoms with Crippen LogP contribution in [0.15, 0.2) is 54.6 Å². The van der Waals surface area contributed by atoms with E-state index < -0.39 is 0 Å². The van der Waals surface area contributed by atoms with E-state index in [1.165, 1.54) is 111 Å². The molecule has 0 fully saturated rings. The normalized spacial score (nSPS) is 12.8. The van der Waals surface area contributed by atoms with Crippen molar-refractivity contribution in [3.63, 3.8) is 0 Å². The molecule has 32 heavy (non-hydrogen) atoms. The molecule has 0 saturated carbocycles. The first-order valence-corrected chi connectivity index (χ1v) is 13.6. The van der Waals surface area contributed by atoms with Gasteiger partial charge in [0.1, 0.15) is 0 Å². The zero-order valence-corrected chi connectivity index (χ0v) is 21.5. The molecular weight excluding hydrogens is 384 g/mol. The third kappa shape index (κ3) is 8.97. The molecule has 2 aromatic rings. The van der Waals surface area contributed by atoms with Gasteiger partial charge < -0.3 is 0 Å². The molecule has 1 atom stereocenters. The topological polar surface area (TPSA) is 0 Å². The Balaban J connectivity index is 2.06. The van der Waals surface area contributed by atoms with E-state index >= 15 is 0 Å². The van der Waals surface area contributed by atoms with Crippen LogP contribution in [0.5, 0.6) is 0 Å². The van der Waals surface area contributed by atoms with Crippen LogP contribution in [0.25, 0.3) is 16.7 Å². The van der Waals surface area contributed by atoms with Crippen LogP contribution in [0.2, 0.25) is 0 Å². The molecule has 2 aromatic carbocycles. The van der Waals surface area contributed by atoms with Crippen LogP contribution in [-0.2, 0) is 0 Å². The molecule has 176 valence electrons. The van der Waals surface area contributed by atoms with Crippen LogP contribution in [-0.4, -0.2) is 0 Å². The zero-order valence-electron chi connectivity index (χ0n) is 21.5. The molecule has 0 heteroatoms. The van der Waals surface area contributed by atoms with Crippen molar-refractivity contribution in [3.8, 4) is 11.1 Å². The average molecular weight is 433 g/mol. The second-order valence-corrected chi connectivity index (χ2v) is 9.51. The molecule has 0 saturated heterocycles. The van der Waals surface area contributed by atoms with E-state index in [2.05, 4.69) is 82.3 Å². The lowest BCUT2D eigenvalue weighted by molar-refractivity contribution is 0.521. The molecule has 0 nitrogen and oxygen atoms in total. The third-order valence-electron chi connectivity index (χ3n) is 6.73. The van der Waals surface area contributed by atoms with Crippen molar-refractivity contribution in [2.24, 2.45) is 0 Å². The summed E-state index contributed by atoms with van der Waals surface area (Å²) >= 11 is 0. The second-order valence-electron chi connectivity index (χ2n) is 9.51. The summed E-state index contributed by atoms with van der Waals surface area (Å²) in [5.41, 5.74) is 7.13. The summed E-state index contributed by atoms with van der Waals surface area (Å²) in [6.07, 6.45) is 19.4. The van der Waals surface area contributed by atoms with E-state index in [0.29, 0.717) is 0 Å². The fraction of sp³-hybridized carbons (Fsp3) is 0.562. The van der Waals surface area contributed by atoms with E-state index in [9.17, 15) is 0 Å². The Morgan fingerprint density at radius 2 is 1.25 bits per heavy atom. The first-order valence-electron chi connectivity index (χ1n) is 13.6.